The summed E-state index contributed by atoms with van der Waals surface area (Å²) in [6.07, 6.45) is 3.61. The second kappa shape index (κ2) is 9.98. The first-order chi connectivity index (χ1) is 11.6. The molecule has 0 radical (unpaired) electrons. The molecule has 3 rings (SSSR count). The van der Waals surface area contributed by atoms with Crippen LogP contribution >= 0.6 is 24.0 Å². The fourth-order valence-corrected chi connectivity index (χ4v) is 3.99. The first kappa shape index (κ1) is 20.8. The van der Waals surface area contributed by atoms with Crippen molar-refractivity contribution in [1.29, 1.82) is 0 Å². The number of rotatable bonds is 6. The van der Waals surface area contributed by atoms with E-state index in [1.54, 1.807) is 0 Å². The van der Waals surface area contributed by atoms with Crippen molar-refractivity contribution < 1.29 is 9.84 Å². The molecule has 4 nitrogen and oxygen atoms in total. The fraction of sp³-hybridized carbons (Fsp3) is 0.684. The van der Waals surface area contributed by atoms with Gasteiger partial charge in [-0.1, -0.05) is 31.0 Å². The van der Waals surface area contributed by atoms with Gasteiger partial charge < -0.3 is 14.7 Å². The quantitative estimate of drug-likeness (QED) is 0.809. The molecular weight excluding hydrogens is 359 g/mol. The molecule has 1 aromatic carbocycles. The molecule has 1 saturated carbocycles. The smallest absolute Gasteiger partial charge is 0.0900 e. The van der Waals surface area contributed by atoms with Crippen LogP contribution < -0.4 is 4.90 Å². The molecule has 0 amide bonds. The van der Waals surface area contributed by atoms with Crippen molar-refractivity contribution in [2.75, 3.05) is 44.2 Å². The molecule has 1 heterocycles. The maximum atomic E-state index is 10.3. The zero-order valence-electron chi connectivity index (χ0n) is 14.9. The van der Waals surface area contributed by atoms with E-state index >= 15 is 0 Å². The second-order valence-electron chi connectivity index (χ2n) is 7.20. The Hall–Kier alpha value is -0.520. The highest BCUT2D eigenvalue weighted by molar-refractivity contribution is 6.30. The van der Waals surface area contributed by atoms with Gasteiger partial charge in [-0.3, -0.25) is 4.90 Å². The third-order valence-corrected chi connectivity index (χ3v) is 5.54. The topological polar surface area (TPSA) is 35.9 Å². The van der Waals surface area contributed by atoms with E-state index in [0.29, 0.717) is 25.2 Å². The summed E-state index contributed by atoms with van der Waals surface area (Å²) in [5.74, 6) is 0.637. The Morgan fingerprint density at radius 3 is 2.64 bits per heavy atom. The molecule has 0 spiro atoms. The lowest BCUT2D eigenvalue weighted by atomic mass is 10.1. The molecule has 6 heteroatoms. The number of hydrogen-bond acceptors (Lipinski definition) is 4. The van der Waals surface area contributed by atoms with Gasteiger partial charge in [0.15, 0.2) is 0 Å². The highest BCUT2D eigenvalue weighted by atomic mass is 35.5. The van der Waals surface area contributed by atoms with Gasteiger partial charge in [0.25, 0.3) is 0 Å². The normalized spacial score (nSPS) is 25.6. The van der Waals surface area contributed by atoms with E-state index < -0.39 is 6.10 Å². The molecule has 142 valence electrons. The van der Waals surface area contributed by atoms with Gasteiger partial charge in [0.05, 0.1) is 18.8 Å². The van der Waals surface area contributed by atoms with Crippen LogP contribution in [0.1, 0.15) is 26.2 Å². The highest BCUT2D eigenvalue weighted by Crippen LogP contribution is 2.27. The van der Waals surface area contributed by atoms with Crippen molar-refractivity contribution in [1.82, 2.24) is 4.90 Å². The highest BCUT2D eigenvalue weighted by Gasteiger charge is 2.25. The number of hydrogen-bond donors (Lipinski definition) is 1. The third-order valence-electron chi connectivity index (χ3n) is 5.30. The summed E-state index contributed by atoms with van der Waals surface area (Å²) in [6, 6.07) is 8.02. The summed E-state index contributed by atoms with van der Waals surface area (Å²) in [7, 11) is 0. The van der Waals surface area contributed by atoms with Gasteiger partial charge in [-0.25, -0.2) is 0 Å². The molecular formula is C19H30Cl2N2O2. The van der Waals surface area contributed by atoms with Crippen LogP contribution in [0.3, 0.4) is 0 Å². The Morgan fingerprint density at radius 2 is 2.00 bits per heavy atom. The largest absolute Gasteiger partial charge is 0.389 e. The first-order valence-electron chi connectivity index (χ1n) is 9.14. The summed E-state index contributed by atoms with van der Waals surface area (Å²) in [4.78, 5) is 4.68. The number of piperazine rings is 1. The van der Waals surface area contributed by atoms with Crippen LogP contribution in [0.25, 0.3) is 0 Å². The maximum Gasteiger partial charge on any atom is 0.0900 e. The minimum atomic E-state index is -0.393. The van der Waals surface area contributed by atoms with E-state index in [2.05, 4.69) is 22.8 Å². The predicted octanol–water partition coefficient (Wildman–Crippen LogP) is 3.45. The average Bonchev–Trinajstić information content (AvgIpc) is 2.99. The van der Waals surface area contributed by atoms with E-state index in [1.807, 2.05) is 18.2 Å². The zero-order chi connectivity index (χ0) is 16.9. The second-order valence-corrected chi connectivity index (χ2v) is 7.64. The minimum absolute atomic E-state index is 0. The van der Waals surface area contributed by atoms with Crippen LogP contribution in [0, 0.1) is 5.92 Å². The van der Waals surface area contributed by atoms with E-state index in [0.717, 1.165) is 37.6 Å². The van der Waals surface area contributed by atoms with Crippen LogP contribution in [0.2, 0.25) is 5.02 Å². The molecule has 3 atom stereocenters. The summed E-state index contributed by atoms with van der Waals surface area (Å²) >= 11 is 6.08. The van der Waals surface area contributed by atoms with Crippen molar-refractivity contribution in [2.24, 2.45) is 5.92 Å². The average molecular weight is 389 g/mol. The van der Waals surface area contributed by atoms with E-state index in [-0.39, 0.29) is 12.4 Å². The Morgan fingerprint density at radius 1 is 1.24 bits per heavy atom. The molecule has 25 heavy (non-hydrogen) atoms. The molecule has 1 aromatic rings. The maximum absolute atomic E-state index is 10.3. The zero-order valence-corrected chi connectivity index (χ0v) is 16.5. The summed E-state index contributed by atoms with van der Waals surface area (Å²) in [5, 5.41) is 11.1. The van der Waals surface area contributed by atoms with Crippen molar-refractivity contribution in [3.05, 3.63) is 29.3 Å². The van der Waals surface area contributed by atoms with Crippen LogP contribution in [-0.4, -0.2) is 61.5 Å². The molecule has 1 aliphatic heterocycles. The Kier molecular flexibility index (Phi) is 8.30. The summed E-state index contributed by atoms with van der Waals surface area (Å²) < 4.78 is 5.92. The van der Waals surface area contributed by atoms with Crippen LogP contribution in [-0.2, 0) is 4.74 Å². The molecule has 0 aromatic heterocycles. The number of benzene rings is 1. The van der Waals surface area contributed by atoms with Gasteiger partial charge in [0, 0.05) is 43.4 Å². The van der Waals surface area contributed by atoms with Crippen LogP contribution in [0.5, 0.6) is 0 Å². The van der Waals surface area contributed by atoms with E-state index in [1.165, 1.54) is 18.5 Å². The first-order valence-corrected chi connectivity index (χ1v) is 9.52. The summed E-state index contributed by atoms with van der Waals surface area (Å²) in [6.45, 7) is 7.26. The van der Waals surface area contributed by atoms with Gasteiger partial charge in [-0.2, -0.15) is 0 Å². The Labute approximate surface area is 162 Å². The molecule has 2 aliphatic rings. The van der Waals surface area contributed by atoms with Crippen LogP contribution in [0.4, 0.5) is 5.69 Å². The lowest BCUT2D eigenvalue weighted by Gasteiger charge is -2.37. The van der Waals surface area contributed by atoms with Crippen molar-refractivity contribution in [2.45, 2.75) is 38.4 Å². The number of ether oxygens (including phenoxy) is 1. The number of halogens is 2. The van der Waals surface area contributed by atoms with E-state index in [9.17, 15) is 5.11 Å². The summed E-state index contributed by atoms with van der Waals surface area (Å²) in [5.41, 5.74) is 1.18. The van der Waals surface area contributed by atoms with Crippen molar-refractivity contribution in [3.8, 4) is 0 Å². The molecule has 2 fully saturated rings. The number of aliphatic hydroxyl groups excluding tert-OH is 1. The molecule has 1 saturated heterocycles. The lowest BCUT2D eigenvalue weighted by Crippen LogP contribution is -2.49. The fourth-order valence-electron chi connectivity index (χ4n) is 3.81. The standard InChI is InChI=1S/C19H29ClN2O2.ClH/c1-15-4-2-7-19(15)24-14-18(23)13-21-8-10-22(11-9-21)17-6-3-5-16(20)12-17;/h3,5-6,12,15,18-19,23H,2,4,7-11,13-14H2,1H3;1H. The van der Waals surface area contributed by atoms with Gasteiger partial charge >= 0.3 is 0 Å². The van der Waals surface area contributed by atoms with Crippen molar-refractivity contribution in [3.63, 3.8) is 0 Å². The van der Waals surface area contributed by atoms with E-state index in [4.69, 9.17) is 16.3 Å². The number of aliphatic hydroxyl groups is 1. The third kappa shape index (κ3) is 6.00. The predicted molar refractivity (Wildman–Crippen MR) is 106 cm³/mol. The minimum Gasteiger partial charge on any atom is -0.389 e. The lowest BCUT2D eigenvalue weighted by molar-refractivity contribution is -0.0321. The molecule has 0 bridgehead atoms. The molecule has 1 aliphatic carbocycles. The van der Waals surface area contributed by atoms with Crippen LogP contribution in [0.15, 0.2) is 24.3 Å². The van der Waals surface area contributed by atoms with Gasteiger partial charge in [0.1, 0.15) is 0 Å². The van der Waals surface area contributed by atoms with Gasteiger partial charge in [-0.05, 0) is 37.0 Å². The number of nitrogens with zero attached hydrogens (tertiary/aromatic N) is 2. The SMILES string of the molecule is CC1CCCC1OCC(O)CN1CCN(c2cccc(Cl)c2)CC1.Cl. The van der Waals surface area contributed by atoms with Gasteiger partial charge in [0.2, 0.25) is 0 Å². The van der Waals surface area contributed by atoms with Gasteiger partial charge in [-0.15, -0.1) is 12.4 Å². The Balaban J connectivity index is 0.00000225. The number of β-amino-alcohol motifs (C(OH)–C–C–N with tert-alkyl or cyclic N) is 1. The van der Waals surface area contributed by atoms with Crippen molar-refractivity contribution >= 4 is 29.7 Å². The Bertz CT molecular complexity index is 524. The number of anilines is 1. The monoisotopic (exact) mass is 388 g/mol. The molecule has 1 N–H and O–H groups in total. The molecule has 3 unspecified atom stereocenters.